The Hall–Kier alpha value is -3.88. The van der Waals surface area contributed by atoms with E-state index in [0.29, 0.717) is 18.5 Å². The summed E-state index contributed by atoms with van der Waals surface area (Å²) in [6.45, 7) is 4.77. The van der Waals surface area contributed by atoms with Gasteiger partial charge in [-0.15, -0.1) is 0 Å². The lowest BCUT2D eigenvalue weighted by Gasteiger charge is -2.29. The number of nitrogens with one attached hydrogen (secondary N) is 2. The number of ether oxygens (including phenoxy) is 2. The van der Waals surface area contributed by atoms with Gasteiger partial charge in [-0.2, -0.15) is 0 Å². The number of alkyl carbamates (subject to hydrolysis) is 1. The zero-order valence-corrected chi connectivity index (χ0v) is 20.1. The predicted octanol–water partition coefficient (Wildman–Crippen LogP) is 3.01. The maximum Gasteiger partial charge on any atom is 0.407 e. The zero-order valence-electron chi connectivity index (χ0n) is 20.1. The van der Waals surface area contributed by atoms with Crippen LogP contribution in [0.25, 0.3) is 0 Å². The monoisotopic (exact) mass is 479 g/mol. The lowest BCUT2D eigenvalue weighted by molar-refractivity contribution is -0.136. The Balaban J connectivity index is 1.32. The zero-order chi connectivity index (χ0) is 25.1. The van der Waals surface area contributed by atoms with Gasteiger partial charge in [0.2, 0.25) is 11.8 Å². The molecule has 2 aromatic rings. The van der Waals surface area contributed by atoms with Crippen LogP contribution < -0.4 is 15.4 Å². The number of amides is 4. The van der Waals surface area contributed by atoms with Gasteiger partial charge >= 0.3 is 6.09 Å². The third kappa shape index (κ3) is 5.29. The molecule has 1 fully saturated rings. The highest BCUT2D eigenvalue weighted by atomic mass is 16.5. The van der Waals surface area contributed by atoms with Gasteiger partial charge in [0.15, 0.2) is 0 Å². The normalized spacial score (nSPS) is 17.3. The van der Waals surface area contributed by atoms with Crippen molar-refractivity contribution in [3.05, 3.63) is 64.2 Å². The van der Waals surface area contributed by atoms with E-state index in [1.165, 1.54) is 4.90 Å². The van der Waals surface area contributed by atoms with Gasteiger partial charge in [0.05, 0.1) is 7.11 Å². The minimum atomic E-state index is -0.654. The van der Waals surface area contributed by atoms with Crippen LogP contribution in [0.15, 0.2) is 36.4 Å². The number of piperidine rings is 1. The van der Waals surface area contributed by atoms with Gasteiger partial charge in [-0.25, -0.2) is 4.79 Å². The molecule has 0 spiro atoms. The number of carbonyl (C=O) groups excluding carboxylic acids is 4. The van der Waals surface area contributed by atoms with Gasteiger partial charge in [-0.3, -0.25) is 19.7 Å². The molecule has 184 valence electrons. The van der Waals surface area contributed by atoms with Crippen molar-refractivity contribution in [2.45, 2.75) is 58.3 Å². The van der Waals surface area contributed by atoms with Crippen molar-refractivity contribution in [3.8, 4) is 5.75 Å². The summed E-state index contributed by atoms with van der Waals surface area (Å²) in [7, 11) is 1.63. The van der Waals surface area contributed by atoms with Crippen LogP contribution >= 0.6 is 0 Å². The molecule has 9 nitrogen and oxygen atoms in total. The summed E-state index contributed by atoms with van der Waals surface area (Å²) in [5.74, 6) is 0.0644. The van der Waals surface area contributed by atoms with E-state index in [0.717, 1.165) is 28.0 Å². The second-order valence-electron chi connectivity index (χ2n) is 9.05. The topological polar surface area (TPSA) is 114 Å². The number of imide groups is 1. The minimum Gasteiger partial charge on any atom is -0.496 e. The lowest BCUT2D eigenvalue weighted by atomic mass is 10.00. The quantitative estimate of drug-likeness (QED) is 0.590. The first-order valence-corrected chi connectivity index (χ1v) is 11.6. The van der Waals surface area contributed by atoms with Crippen LogP contribution in [-0.4, -0.2) is 41.9 Å². The van der Waals surface area contributed by atoms with Crippen molar-refractivity contribution in [2.75, 3.05) is 7.11 Å². The van der Waals surface area contributed by atoms with Crippen molar-refractivity contribution >= 4 is 23.8 Å². The molecule has 4 rings (SSSR count). The Bertz CT molecular complexity index is 1180. The van der Waals surface area contributed by atoms with E-state index in [9.17, 15) is 19.2 Å². The first-order valence-electron chi connectivity index (χ1n) is 11.6. The van der Waals surface area contributed by atoms with E-state index < -0.39 is 18.0 Å². The molecule has 0 saturated carbocycles. The van der Waals surface area contributed by atoms with Crippen molar-refractivity contribution in [1.82, 2.24) is 15.5 Å². The number of benzene rings is 2. The Kier molecular flexibility index (Phi) is 7.04. The first kappa shape index (κ1) is 24.3. The number of methoxy groups -OCH3 is 1. The summed E-state index contributed by atoms with van der Waals surface area (Å²) in [5.41, 5.74) is 3.96. The predicted molar refractivity (Wildman–Crippen MR) is 127 cm³/mol. The fourth-order valence-corrected chi connectivity index (χ4v) is 4.41. The van der Waals surface area contributed by atoms with Gasteiger partial charge < -0.3 is 19.7 Å². The van der Waals surface area contributed by atoms with Gasteiger partial charge in [0.1, 0.15) is 18.4 Å². The molecule has 2 heterocycles. The Labute approximate surface area is 203 Å². The number of fused-ring (bicyclic) bond motifs is 1. The third-order valence-electron chi connectivity index (χ3n) is 6.32. The average Bonchev–Trinajstić information content (AvgIpc) is 3.16. The SMILES string of the molecule is COc1ccc(COC(=O)NCc2ccc3c(c2)C(=O)N(C2CCC(=O)NC2=O)C3)cc1C(C)C. The fourth-order valence-electron chi connectivity index (χ4n) is 4.41. The molecule has 0 aromatic heterocycles. The molecule has 1 unspecified atom stereocenters. The van der Waals surface area contributed by atoms with Crippen LogP contribution in [0.2, 0.25) is 0 Å². The molecule has 0 bridgehead atoms. The molecule has 2 aromatic carbocycles. The smallest absolute Gasteiger partial charge is 0.407 e. The second-order valence-corrected chi connectivity index (χ2v) is 9.05. The third-order valence-corrected chi connectivity index (χ3v) is 6.32. The maximum atomic E-state index is 12.9. The molecule has 1 atom stereocenters. The number of hydrogen-bond donors (Lipinski definition) is 2. The molecule has 9 heteroatoms. The van der Waals surface area contributed by atoms with Crippen LogP contribution in [0.4, 0.5) is 4.79 Å². The van der Waals surface area contributed by atoms with Crippen molar-refractivity contribution in [1.29, 1.82) is 0 Å². The minimum absolute atomic E-state index is 0.124. The molecular formula is C26H29N3O6. The number of hydrogen-bond acceptors (Lipinski definition) is 6. The van der Waals surface area contributed by atoms with Gasteiger partial charge in [0.25, 0.3) is 5.91 Å². The largest absolute Gasteiger partial charge is 0.496 e. The second kappa shape index (κ2) is 10.2. The summed E-state index contributed by atoms with van der Waals surface area (Å²) in [5, 5.41) is 5.01. The Morgan fingerprint density at radius 2 is 1.91 bits per heavy atom. The van der Waals surface area contributed by atoms with Crippen molar-refractivity contribution < 1.29 is 28.7 Å². The highest BCUT2D eigenvalue weighted by Gasteiger charge is 2.39. The van der Waals surface area contributed by atoms with E-state index in [1.807, 2.05) is 30.3 Å². The number of carbonyl (C=O) groups is 4. The molecule has 0 radical (unpaired) electrons. The summed E-state index contributed by atoms with van der Waals surface area (Å²) in [4.78, 5) is 50.3. The van der Waals surface area contributed by atoms with E-state index >= 15 is 0 Å². The van der Waals surface area contributed by atoms with Gasteiger partial charge in [-0.05, 0) is 52.8 Å². The van der Waals surface area contributed by atoms with E-state index in [2.05, 4.69) is 24.5 Å². The average molecular weight is 480 g/mol. The van der Waals surface area contributed by atoms with E-state index in [-0.39, 0.29) is 37.3 Å². The van der Waals surface area contributed by atoms with Crippen LogP contribution in [0, 0.1) is 0 Å². The maximum absolute atomic E-state index is 12.9. The number of nitrogens with zero attached hydrogens (tertiary/aromatic N) is 1. The standard InChI is InChI=1S/C26H29N3O6/c1-15(2)19-11-17(5-8-22(19)34-3)14-35-26(33)27-12-16-4-6-18-13-29(25(32)20(18)10-16)21-7-9-23(30)28-24(21)31/h4-6,8,10-11,15,21H,7,9,12-14H2,1-3H3,(H,27,33)(H,28,30,31). The van der Waals surface area contributed by atoms with E-state index in [4.69, 9.17) is 9.47 Å². The number of rotatable bonds is 7. The lowest BCUT2D eigenvalue weighted by Crippen LogP contribution is -2.52. The molecular weight excluding hydrogens is 450 g/mol. The summed E-state index contributed by atoms with van der Waals surface area (Å²) >= 11 is 0. The molecule has 0 aliphatic carbocycles. The van der Waals surface area contributed by atoms with Crippen LogP contribution in [-0.2, 0) is 34.0 Å². The highest BCUT2D eigenvalue weighted by molar-refractivity contribution is 6.05. The molecule has 2 aliphatic heterocycles. The summed E-state index contributed by atoms with van der Waals surface area (Å²) < 4.78 is 10.7. The van der Waals surface area contributed by atoms with Crippen molar-refractivity contribution in [3.63, 3.8) is 0 Å². The Morgan fingerprint density at radius 1 is 1.14 bits per heavy atom. The molecule has 2 aliphatic rings. The van der Waals surface area contributed by atoms with Crippen molar-refractivity contribution in [2.24, 2.45) is 0 Å². The first-order chi connectivity index (χ1) is 16.8. The molecule has 35 heavy (non-hydrogen) atoms. The molecule has 1 saturated heterocycles. The molecule has 2 N–H and O–H groups in total. The van der Waals surface area contributed by atoms with Crippen LogP contribution in [0.5, 0.6) is 5.75 Å². The van der Waals surface area contributed by atoms with Gasteiger partial charge in [-0.1, -0.05) is 32.0 Å². The van der Waals surface area contributed by atoms with Gasteiger partial charge in [0, 0.05) is 25.1 Å². The fraction of sp³-hybridized carbons (Fsp3) is 0.385. The Morgan fingerprint density at radius 3 is 2.63 bits per heavy atom. The van der Waals surface area contributed by atoms with E-state index in [1.54, 1.807) is 13.2 Å². The van der Waals surface area contributed by atoms with Crippen LogP contribution in [0.1, 0.15) is 65.2 Å². The summed E-state index contributed by atoms with van der Waals surface area (Å²) in [6, 6.07) is 10.4. The highest BCUT2D eigenvalue weighted by Crippen LogP contribution is 2.29. The molecule has 4 amide bonds. The summed E-state index contributed by atoms with van der Waals surface area (Å²) in [6.07, 6.45) is -0.0374. The van der Waals surface area contributed by atoms with Crippen LogP contribution in [0.3, 0.4) is 0 Å².